The van der Waals surface area contributed by atoms with Crippen LogP contribution in [-0.4, -0.2) is 24.9 Å². The lowest BCUT2D eigenvalue weighted by Crippen LogP contribution is -2.29. The second-order valence-electron chi connectivity index (χ2n) is 10.0. The van der Waals surface area contributed by atoms with E-state index in [0.717, 1.165) is 30.3 Å². The standard InChI is InChI=1S/C28H50N4O2S/c1-4-6-8-10-12-14-15-16-18-20-22-32-24-25(31(3)27(34)30-26(24)33)29-28(32)35-23-21-19-17-13-11-9-7-5-2/h4-23H2,1-3H3,(H,30,33,34). The Bertz CT molecular complexity index is 947. The number of rotatable bonds is 21. The Kier molecular flexibility index (Phi) is 15.2. The Hall–Kier alpha value is -1.50. The Labute approximate surface area is 216 Å². The van der Waals surface area contributed by atoms with Crippen LogP contribution in [0, 0.1) is 0 Å². The highest BCUT2D eigenvalue weighted by atomic mass is 32.2. The Morgan fingerprint density at radius 1 is 0.714 bits per heavy atom. The number of aromatic nitrogens is 4. The van der Waals surface area contributed by atoms with Crippen LogP contribution >= 0.6 is 11.8 Å². The minimum absolute atomic E-state index is 0.318. The summed E-state index contributed by atoms with van der Waals surface area (Å²) >= 11 is 1.73. The van der Waals surface area contributed by atoms with Gasteiger partial charge in [0.2, 0.25) is 0 Å². The van der Waals surface area contributed by atoms with Gasteiger partial charge in [0.25, 0.3) is 5.56 Å². The average molecular weight is 507 g/mol. The van der Waals surface area contributed by atoms with Crippen LogP contribution in [0.1, 0.15) is 129 Å². The summed E-state index contributed by atoms with van der Waals surface area (Å²) in [6.45, 7) is 5.30. The summed E-state index contributed by atoms with van der Waals surface area (Å²) in [6.07, 6.45) is 23.3. The molecular formula is C28H50N4O2S. The number of fused-ring (bicyclic) bond motifs is 1. The zero-order chi connectivity index (χ0) is 25.3. The van der Waals surface area contributed by atoms with Gasteiger partial charge in [-0.15, -0.1) is 0 Å². The van der Waals surface area contributed by atoms with E-state index >= 15 is 0 Å². The zero-order valence-electron chi connectivity index (χ0n) is 22.7. The van der Waals surface area contributed by atoms with Crippen molar-refractivity contribution >= 4 is 22.9 Å². The van der Waals surface area contributed by atoms with Gasteiger partial charge in [0.15, 0.2) is 16.3 Å². The van der Waals surface area contributed by atoms with Crippen molar-refractivity contribution in [1.29, 1.82) is 0 Å². The van der Waals surface area contributed by atoms with Gasteiger partial charge in [-0.3, -0.25) is 14.3 Å². The van der Waals surface area contributed by atoms with E-state index < -0.39 is 5.69 Å². The molecule has 0 saturated carbocycles. The fourth-order valence-corrected chi connectivity index (χ4v) is 5.71. The lowest BCUT2D eigenvalue weighted by Gasteiger charge is -2.09. The number of hydrogen-bond donors (Lipinski definition) is 1. The van der Waals surface area contributed by atoms with Crippen molar-refractivity contribution in [2.45, 2.75) is 141 Å². The largest absolute Gasteiger partial charge is 0.329 e. The third-order valence-corrected chi connectivity index (χ3v) is 8.00. The second-order valence-corrected chi connectivity index (χ2v) is 11.1. The molecule has 200 valence electrons. The van der Waals surface area contributed by atoms with Crippen molar-refractivity contribution in [3.8, 4) is 0 Å². The van der Waals surface area contributed by atoms with E-state index in [2.05, 4.69) is 23.4 Å². The smallest absolute Gasteiger partial charge is 0.313 e. The summed E-state index contributed by atoms with van der Waals surface area (Å²) in [4.78, 5) is 31.9. The van der Waals surface area contributed by atoms with E-state index in [-0.39, 0.29) is 5.56 Å². The molecule has 0 atom stereocenters. The quantitative estimate of drug-likeness (QED) is 0.140. The molecule has 2 aromatic rings. The van der Waals surface area contributed by atoms with Crippen LogP contribution in [-0.2, 0) is 13.6 Å². The predicted octanol–water partition coefficient (Wildman–Crippen LogP) is 7.58. The molecule has 2 heterocycles. The Morgan fingerprint density at radius 2 is 1.20 bits per heavy atom. The normalized spacial score (nSPS) is 11.6. The molecule has 0 unspecified atom stereocenters. The molecule has 0 aliphatic heterocycles. The van der Waals surface area contributed by atoms with Crippen molar-refractivity contribution in [1.82, 2.24) is 19.1 Å². The number of aryl methyl sites for hydroxylation is 2. The number of H-pyrrole nitrogens is 1. The molecule has 0 aliphatic rings. The molecule has 6 nitrogen and oxygen atoms in total. The van der Waals surface area contributed by atoms with Crippen LogP contribution in [0.25, 0.3) is 11.2 Å². The van der Waals surface area contributed by atoms with Crippen LogP contribution in [0.4, 0.5) is 0 Å². The van der Waals surface area contributed by atoms with Crippen molar-refractivity contribution in [2.75, 3.05) is 5.75 Å². The van der Waals surface area contributed by atoms with Crippen LogP contribution in [0.2, 0.25) is 0 Å². The van der Waals surface area contributed by atoms with Gasteiger partial charge in [0, 0.05) is 19.3 Å². The van der Waals surface area contributed by atoms with Gasteiger partial charge in [-0.2, -0.15) is 0 Å². The van der Waals surface area contributed by atoms with E-state index in [1.54, 1.807) is 18.8 Å². The van der Waals surface area contributed by atoms with Crippen LogP contribution in [0.3, 0.4) is 0 Å². The molecule has 35 heavy (non-hydrogen) atoms. The van der Waals surface area contributed by atoms with E-state index in [1.165, 1.54) is 107 Å². The number of nitrogens with one attached hydrogen (secondary N) is 1. The van der Waals surface area contributed by atoms with E-state index in [9.17, 15) is 9.59 Å². The number of nitrogens with zero attached hydrogens (tertiary/aromatic N) is 3. The molecule has 0 spiro atoms. The molecule has 7 heteroatoms. The molecule has 1 N–H and O–H groups in total. The molecule has 0 aliphatic carbocycles. The van der Waals surface area contributed by atoms with Crippen molar-refractivity contribution in [3.05, 3.63) is 20.8 Å². The molecule has 0 amide bonds. The fraction of sp³-hybridized carbons (Fsp3) is 0.821. The first kappa shape index (κ1) is 29.7. The van der Waals surface area contributed by atoms with Crippen molar-refractivity contribution in [3.63, 3.8) is 0 Å². The SMILES string of the molecule is CCCCCCCCCCCCn1c(SCCCCCCCCCC)nc2c1c(=O)[nH]c(=O)n2C. The minimum atomic E-state index is -0.397. The molecule has 0 bridgehead atoms. The topological polar surface area (TPSA) is 72.7 Å². The first-order valence-electron chi connectivity index (χ1n) is 14.4. The summed E-state index contributed by atoms with van der Waals surface area (Å²) < 4.78 is 3.53. The van der Waals surface area contributed by atoms with E-state index in [4.69, 9.17) is 4.98 Å². The number of imidazole rings is 1. The molecule has 0 aromatic carbocycles. The van der Waals surface area contributed by atoms with Crippen molar-refractivity contribution < 1.29 is 0 Å². The van der Waals surface area contributed by atoms with Crippen LogP contribution in [0.5, 0.6) is 0 Å². The van der Waals surface area contributed by atoms with E-state index in [1.807, 2.05) is 0 Å². The third kappa shape index (κ3) is 10.6. The maximum atomic E-state index is 12.7. The summed E-state index contributed by atoms with van der Waals surface area (Å²) in [5.74, 6) is 1.00. The lowest BCUT2D eigenvalue weighted by atomic mass is 10.1. The molecule has 0 fully saturated rings. The molecular weight excluding hydrogens is 456 g/mol. The predicted molar refractivity (Wildman–Crippen MR) is 151 cm³/mol. The molecule has 2 aromatic heterocycles. The van der Waals surface area contributed by atoms with Crippen molar-refractivity contribution in [2.24, 2.45) is 7.05 Å². The average Bonchev–Trinajstić information content (AvgIpc) is 3.21. The van der Waals surface area contributed by atoms with Gasteiger partial charge in [0.1, 0.15) is 0 Å². The second kappa shape index (κ2) is 17.9. The van der Waals surface area contributed by atoms with Gasteiger partial charge in [0.05, 0.1) is 0 Å². The monoisotopic (exact) mass is 506 g/mol. The first-order chi connectivity index (χ1) is 17.1. The highest BCUT2D eigenvalue weighted by Gasteiger charge is 2.17. The maximum absolute atomic E-state index is 12.7. The Balaban J connectivity index is 1.85. The summed E-state index contributed by atoms with van der Waals surface area (Å²) in [5.41, 5.74) is 0.331. The van der Waals surface area contributed by atoms with Gasteiger partial charge in [-0.05, 0) is 12.8 Å². The third-order valence-electron chi connectivity index (χ3n) is 6.94. The lowest BCUT2D eigenvalue weighted by molar-refractivity contribution is 0.526. The van der Waals surface area contributed by atoms with Gasteiger partial charge < -0.3 is 4.57 Å². The van der Waals surface area contributed by atoms with Gasteiger partial charge >= 0.3 is 5.69 Å². The molecule has 0 saturated heterocycles. The minimum Gasteiger partial charge on any atom is -0.313 e. The summed E-state index contributed by atoms with van der Waals surface area (Å²) in [7, 11) is 1.69. The molecule has 0 radical (unpaired) electrons. The maximum Gasteiger partial charge on any atom is 0.329 e. The zero-order valence-corrected chi connectivity index (χ0v) is 23.5. The Morgan fingerprint density at radius 3 is 1.74 bits per heavy atom. The van der Waals surface area contributed by atoms with Gasteiger partial charge in [-0.25, -0.2) is 9.78 Å². The fourth-order valence-electron chi connectivity index (χ4n) is 4.69. The summed E-state index contributed by atoms with van der Waals surface area (Å²) in [5, 5.41) is 0.880. The number of hydrogen-bond acceptors (Lipinski definition) is 4. The highest BCUT2D eigenvalue weighted by molar-refractivity contribution is 7.99. The van der Waals surface area contributed by atoms with Gasteiger partial charge in [-0.1, -0.05) is 128 Å². The number of aromatic amines is 1. The van der Waals surface area contributed by atoms with E-state index in [0.29, 0.717) is 11.2 Å². The molecule has 2 rings (SSSR count). The van der Waals surface area contributed by atoms with Crippen LogP contribution < -0.4 is 11.2 Å². The first-order valence-corrected chi connectivity index (χ1v) is 15.4. The number of unbranched alkanes of at least 4 members (excludes halogenated alkanes) is 16. The van der Waals surface area contributed by atoms with Crippen LogP contribution in [0.15, 0.2) is 14.7 Å². The number of thioether (sulfide) groups is 1. The summed E-state index contributed by atoms with van der Waals surface area (Å²) in [6, 6.07) is 0. The highest BCUT2D eigenvalue weighted by Crippen LogP contribution is 2.24.